The summed E-state index contributed by atoms with van der Waals surface area (Å²) in [6, 6.07) is 10.3. The Labute approximate surface area is 205 Å². The molecule has 0 spiro atoms. The Morgan fingerprint density at radius 1 is 1.14 bits per heavy atom. The Kier molecular flexibility index (Phi) is 8.85. The van der Waals surface area contributed by atoms with Gasteiger partial charge in [0.15, 0.2) is 10.8 Å². The fourth-order valence-corrected chi connectivity index (χ4v) is 4.31. The summed E-state index contributed by atoms with van der Waals surface area (Å²) in [6.07, 6.45) is -4.18. The lowest BCUT2D eigenvalue weighted by molar-refractivity contribution is -0.141. The summed E-state index contributed by atoms with van der Waals surface area (Å²) in [7, 11) is 2.90. The van der Waals surface area contributed by atoms with Gasteiger partial charge in [0, 0.05) is 12.2 Å². The highest BCUT2D eigenvalue weighted by Crippen LogP contribution is 2.41. The van der Waals surface area contributed by atoms with Crippen molar-refractivity contribution >= 4 is 17.7 Å². The Bertz CT molecular complexity index is 1140. The molecule has 10 heteroatoms. The molecule has 0 N–H and O–H groups in total. The van der Waals surface area contributed by atoms with E-state index in [9.17, 15) is 18.0 Å². The van der Waals surface area contributed by atoms with Crippen molar-refractivity contribution < 1.29 is 36.7 Å². The summed E-state index contributed by atoms with van der Waals surface area (Å²) >= 11 is 1.30. The van der Waals surface area contributed by atoms with Gasteiger partial charge in [-0.25, -0.2) is 0 Å². The zero-order valence-electron chi connectivity index (χ0n) is 19.8. The molecule has 1 unspecified atom stereocenters. The van der Waals surface area contributed by atoms with Crippen molar-refractivity contribution in [3.63, 3.8) is 0 Å². The van der Waals surface area contributed by atoms with Crippen LogP contribution < -0.4 is 4.74 Å². The quantitative estimate of drug-likeness (QED) is 0.281. The molecule has 0 bridgehead atoms. The molecule has 1 heterocycles. The minimum atomic E-state index is -4.42. The topological polar surface area (TPSA) is 70.8 Å². The van der Waals surface area contributed by atoms with Crippen molar-refractivity contribution in [3.8, 4) is 17.1 Å². The normalized spacial score (nSPS) is 12.4. The van der Waals surface area contributed by atoms with Crippen molar-refractivity contribution in [2.45, 2.75) is 48.9 Å². The van der Waals surface area contributed by atoms with Gasteiger partial charge in [-0.2, -0.15) is 13.2 Å². The van der Waals surface area contributed by atoms with Gasteiger partial charge in [-0.3, -0.25) is 4.79 Å². The van der Waals surface area contributed by atoms with E-state index in [0.29, 0.717) is 34.3 Å². The smallest absolute Gasteiger partial charge is 0.416 e. The summed E-state index contributed by atoms with van der Waals surface area (Å²) < 4.78 is 60.3. The maximum absolute atomic E-state index is 13.0. The number of ether oxygens (including phenoxy) is 3. The summed E-state index contributed by atoms with van der Waals surface area (Å²) in [5.74, 6) is 0.568. The van der Waals surface area contributed by atoms with Crippen LogP contribution in [0.1, 0.15) is 42.9 Å². The molecule has 188 valence electrons. The molecule has 2 aromatic carbocycles. The van der Waals surface area contributed by atoms with E-state index in [1.54, 1.807) is 7.11 Å². The summed E-state index contributed by atoms with van der Waals surface area (Å²) in [6.45, 7) is 4.38. The molecule has 0 fully saturated rings. The van der Waals surface area contributed by atoms with Crippen LogP contribution in [-0.4, -0.2) is 32.0 Å². The number of hydrogen-bond acceptors (Lipinski definition) is 7. The van der Waals surface area contributed by atoms with Crippen molar-refractivity contribution in [2.24, 2.45) is 0 Å². The SMILES string of the molecule is CCOCc1c(Sc2ccc(C(C)CC(=O)OC)cc2OC)noc1-c1ccc(C(F)(F)F)cc1. The van der Waals surface area contributed by atoms with Crippen LogP contribution in [0.2, 0.25) is 0 Å². The van der Waals surface area contributed by atoms with Crippen molar-refractivity contribution in [2.75, 3.05) is 20.8 Å². The van der Waals surface area contributed by atoms with Gasteiger partial charge in [-0.1, -0.05) is 42.0 Å². The molecule has 1 atom stereocenters. The van der Waals surface area contributed by atoms with Gasteiger partial charge < -0.3 is 18.7 Å². The number of esters is 1. The van der Waals surface area contributed by atoms with Crippen molar-refractivity contribution in [1.82, 2.24) is 5.16 Å². The summed E-state index contributed by atoms with van der Waals surface area (Å²) in [4.78, 5) is 12.4. The van der Waals surface area contributed by atoms with Gasteiger partial charge in [0.25, 0.3) is 0 Å². The fourth-order valence-electron chi connectivity index (χ4n) is 3.37. The highest BCUT2D eigenvalue weighted by molar-refractivity contribution is 7.99. The number of alkyl halides is 3. The fraction of sp³-hybridized carbons (Fsp3) is 0.360. The van der Waals surface area contributed by atoms with Crippen molar-refractivity contribution in [3.05, 3.63) is 59.2 Å². The van der Waals surface area contributed by atoms with Gasteiger partial charge in [0.05, 0.1) is 43.3 Å². The van der Waals surface area contributed by atoms with E-state index in [0.717, 1.165) is 22.6 Å². The standard InChI is InChI=1S/C25H26F3NO5S/c1-5-33-14-19-23(16-6-9-18(10-7-16)25(26,27)28)34-29-24(19)35-21-11-8-17(13-20(21)31-3)15(2)12-22(30)32-4/h6-11,13,15H,5,12,14H2,1-4H3. The zero-order chi connectivity index (χ0) is 25.6. The average molecular weight is 510 g/mol. The lowest BCUT2D eigenvalue weighted by Gasteiger charge is -2.14. The minimum Gasteiger partial charge on any atom is -0.496 e. The Morgan fingerprint density at radius 2 is 1.86 bits per heavy atom. The van der Waals surface area contributed by atoms with E-state index < -0.39 is 11.7 Å². The van der Waals surface area contributed by atoms with Crippen LogP contribution >= 0.6 is 11.8 Å². The number of carbonyl (C=O) groups is 1. The van der Waals surface area contributed by atoms with Crippen LogP contribution in [0, 0.1) is 0 Å². The second-order valence-corrected chi connectivity index (χ2v) is 8.73. The third-order valence-electron chi connectivity index (χ3n) is 5.34. The number of methoxy groups -OCH3 is 2. The molecule has 6 nitrogen and oxygen atoms in total. The average Bonchev–Trinajstić information content (AvgIpc) is 3.24. The van der Waals surface area contributed by atoms with E-state index >= 15 is 0 Å². The molecule has 0 amide bonds. The Hall–Kier alpha value is -2.98. The summed E-state index contributed by atoms with van der Waals surface area (Å²) in [5.41, 5.74) is 1.26. The van der Waals surface area contributed by atoms with Crippen LogP contribution in [0.3, 0.4) is 0 Å². The van der Waals surface area contributed by atoms with Gasteiger partial charge in [-0.15, -0.1) is 0 Å². The predicted molar refractivity (Wildman–Crippen MR) is 124 cm³/mol. The van der Waals surface area contributed by atoms with Crippen LogP contribution in [0.25, 0.3) is 11.3 Å². The van der Waals surface area contributed by atoms with Gasteiger partial charge in [0.1, 0.15) is 5.75 Å². The van der Waals surface area contributed by atoms with Crippen LogP contribution in [0.5, 0.6) is 5.75 Å². The molecule has 0 aliphatic heterocycles. The third-order valence-corrected chi connectivity index (χ3v) is 6.41. The number of benzene rings is 2. The first kappa shape index (κ1) is 26.6. The maximum Gasteiger partial charge on any atom is 0.416 e. The van der Waals surface area contributed by atoms with Gasteiger partial charge >= 0.3 is 12.1 Å². The largest absolute Gasteiger partial charge is 0.496 e. The Morgan fingerprint density at radius 3 is 2.46 bits per heavy atom. The third kappa shape index (κ3) is 6.58. The first-order valence-corrected chi connectivity index (χ1v) is 11.7. The molecule has 0 saturated heterocycles. The van der Waals surface area contributed by atoms with E-state index in [1.165, 1.54) is 31.0 Å². The summed E-state index contributed by atoms with van der Waals surface area (Å²) in [5, 5.41) is 4.68. The maximum atomic E-state index is 13.0. The molecule has 3 rings (SSSR count). The molecular weight excluding hydrogens is 483 g/mol. The second-order valence-electron chi connectivity index (χ2n) is 7.70. The molecular formula is C25H26F3NO5S. The lowest BCUT2D eigenvalue weighted by Crippen LogP contribution is -2.06. The first-order valence-electron chi connectivity index (χ1n) is 10.8. The molecule has 0 radical (unpaired) electrons. The first-order chi connectivity index (χ1) is 16.7. The molecule has 0 aliphatic rings. The van der Waals surface area contributed by atoms with Crippen LogP contribution in [0.4, 0.5) is 13.2 Å². The monoisotopic (exact) mass is 509 g/mol. The van der Waals surface area contributed by atoms with Gasteiger partial charge in [0.2, 0.25) is 0 Å². The molecule has 3 aromatic rings. The van der Waals surface area contributed by atoms with E-state index in [2.05, 4.69) is 5.16 Å². The van der Waals surface area contributed by atoms with Crippen molar-refractivity contribution in [1.29, 1.82) is 0 Å². The van der Waals surface area contributed by atoms with E-state index in [1.807, 2.05) is 32.0 Å². The molecule has 0 aliphatic carbocycles. The number of halogens is 3. The molecule has 35 heavy (non-hydrogen) atoms. The van der Waals surface area contributed by atoms with Crippen LogP contribution in [0.15, 0.2) is 56.9 Å². The number of hydrogen-bond donors (Lipinski definition) is 0. The number of nitrogens with zero attached hydrogens (tertiary/aromatic N) is 1. The second kappa shape index (κ2) is 11.6. The minimum absolute atomic E-state index is 0.0674. The predicted octanol–water partition coefficient (Wildman–Crippen LogP) is 6.72. The Balaban J connectivity index is 1.91. The number of carbonyl (C=O) groups excluding carboxylic acids is 1. The number of rotatable bonds is 10. The lowest BCUT2D eigenvalue weighted by atomic mass is 9.98. The van der Waals surface area contributed by atoms with E-state index in [-0.39, 0.29) is 24.9 Å². The molecule has 1 aromatic heterocycles. The highest BCUT2D eigenvalue weighted by atomic mass is 32.2. The van der Waals surface area contributed by atoms with Gasteiger partial charge in [-0.05, 0) is 42.7 Å². The van der Waals surface area contributed by atoms with E-state index in [4.69, 9.17) is 18.7 Å². The number of aromatic nitrogens is 1. The highest BCUT2D eigenvalue weighted by Gasteiger charge is 2.30. The zero-order valence-corrected chi connectivity index (χ0v) is 20.6. The van der Waals surface area contributed by atoms with Crippen LogP contribution in [-0.2, 0) is 27.1 Å². The molecule has 0 saturated carbocycles.